The van der Waals surface area contributed by atoms with E-state index in [2.05, 4.69) is 11.0 Å². The number of rotatable bonds is 8. The van der Waals surface area contributed by atoms with Crippen molar-refractivity contribution in [3.8, 4) is 6.07 Å². The van der Waals surface area contributed by atoms with Crippen LogP contribution < -0.4 is 10.5 Å². The average molecular weight is 489 g/mol. The Labute approximate surface area is 205 Å². The van der Waals surface area contributed by atoms with Crippen molar-refractivity contribution < 1.29 is 9.53 Å². The van der Waals surface area contributed by atoms with Crippen LogP contribution in [0.25, 0.3) is 6.08 Å². The first kappa shape index (κ1) is 25.5. The molecule has 2 aliphatic rings. The molecule has 178 valence electrons. The lowest BCUT2D eigenvalue weighted by Gasteiger charge is -2.29. The van der Waals surface area contributed by atoms with Gasteiger partial charge < -0.3 is 9.64 Å². The van der Waals surface area contributed by atoms with E-state index >= 15 is 0 Å². The summed E-state index contributed by atoms with van der Waals surface area (Å²) in [5, 5.41) is 9.77. The van der Waals surface area contributed by atoms with Crippen LogP contribution in [0.15, 0.2) is 9.70 Å². The summed E-state index contributed by atoms with van der Waals surface area (Å²) in [7, 11) is 1.63. The van der Waals surface area contributed by atoms with Gasteiger partial charge in [-0.1, -0.05) is 43.7 Å². The van der Waals surface area contributed by atoms with Crippen molar-refractivity contribution in [1.82, 2.24) is 9.47 Å². The molecule has 0 bridgehead atoms. The molecular weight excluding hydrogens is 456 g/mol. The van der Waals surface area contributed by atoms with Gasteiger partial charge in [0.2, 0.25) is 0 Å². The third-order valence-electron chi connectivity index (χ3n) is 6.08. The largest absolute Gasteiger partial charge is 0.385 e. The molecule has 0 aromatic carbocycles. The van der Waals surface area contributed by atoms with Crippen LogP contribution in [0, 0.1) is 18.3 Å². The molecule has 33 heavy (non-hydrogen) atoms. The predicted molar refractivity (Wildman–Crippen MR) is 137 cm³/mol. The minimum absolute atomic E-state index is 0.130. The number of thioether (sulfide) groups is 1. The molecule has 2 fully saturated rings. The number of amides is 1. The van der Waals surface area contributed by atoms with Crippen LogP contribution in [-0.2, 0) is 16.1 Å². The van der Waals surface area contributed by atoms with E-state index in [1.807, 2.05) is 19.9 Å². The molecule has 2 aliphatic heterocycles. The highest BCUT2D eigenvalue weighted by Gasteiger charge is 2.33. The summed E-state index contributed by atoms with van der Waals surface area (Å²) in [4.78, 5) is 30.8. The summed E-state index contributed by atoms with van der Waals surface area (Å²) in [6.07, 6.45) is 7.76. The lowest BCUT2D eigenvalue weighted by molar-refractivity contribution is -0.122. The van der Waals surface area contributed by atoms with Crippen LogP contribution in [0.5, 0.6) is 0 Å². The van der Waals surface area contributed by atoms with Gasteiger partial charge in [0.15, 0.2) is 0 Å². The fraction of sp³-hybridized carbons (Fsp3) is 0.583. The molecule has 1 aromatic heterocycles. The summed E-state index contributed by atoms with van der Waals surface area (Å²) in [5.74, 6) is 0.693. The van der Waals surface area contributed by atoms with Crippen molar-refractivity contribution >= 4 is 46.1 Å². The summed E-state index contributed by atoms with van der Waals surface area (Å²) in [6.45, 7) is 7.13. The summed E-state index contributed by atoms with van der Waals surface area (Å²) >= 11 is 6.75. The predicted octanol–water partition coefficient (Wildman–Crippen LogP) is 4.06. The lowest BCUT2D eigenvalue weighted by Crippen LogP contribution is -2.35. The van der Waals surface area contributed by atoms with Crippen molar-refractivity contribution in [2.24, 2.45) is 0 Å². The zero-order valence-corrected chi connectivity index (χ0v) is 21.3. The SMILES string of the molecule is CCCn1c(N2CCCCCC2)c(/C=C2\SC(=S)N(CCCOC)C2=O)c(C)c(C#N)c1=O. The molecule has 0 atom stereocenters. The monoisotopic (exact) mass is 488 g/mol. The Kier molecular flexibility index (Phi) is 9.12. The molecule has 3 rings (SSSR count). The zero-order chi connectivity index (χ0) is 24.0. The lowest BCUT2D eigenvalue weighted by atomic mass is 10.0. The number of methoxy groups -OCH3 is 1. The third-order valence-corrected chi connectivity index (χ3v) is 7.46. The second-order valence-electron chi connectivity index (χ2n) is 8.39. The first-order valence-corrected chi connectivity index (χ1v) is 12.8. The van der Waals surface area contributed by atoms with Crippen molar-refractivity contribution in [3.63, 3.8) is 0 Å². The molecule has 3 heterocycles. The van der Waals surface area contributed by atoms with Crippen molar-refractivity contribution in [2.75, 3.05) is 38.3 Å². The second-order valence-corrected chi connectivity index (χ2v) is 10.1. The second kappa shape index (κ2) is 11.8. The van der Waals surface area contributed by atoms with E-state index in [4.69, 9.17) is 17.0 Å². The number of hydrogen-bond donors (Lipinski definition) is 0. The van der Waals surface area contributed by atoms with Crippen LogP contribution in [0.2, 0.25) is 0 Å². The maximum atomic E-state index is 13.2. The Morgan fingerprint density at radius 3 is 2.48 bits per heavy atom. The summed E-state index contributed by atoms with van der Waals surface area (Å²) in [6, 6.07) is 2.11. The molecule has 1 amide bonds. The summed E-state index contributed by atoms with van der Waals surface area (Å²) < 4.78 is 7.37. The van der Waals surface area contributed by atoms with Crippen molar-refractivity contribution in [2.45, 2.75) is 58.9 Å². The van der Waals surface area contributed by atoms with E-state index in [1.54, 1.807) is 16.6 Å². The highest BCUT2D eigenvalue weighted by molar-refractivity contribution is 8.26. The minimum Gasteiger partial charge on any atom is -0.385 e. The van der Waals surface area contributed by atoms with Gasteiger partial charge in [-0.2, -0.15) is 5.26 Å². The van der Waals surface area contributed by atoms with Crippen LogP contribution in [0.3, 0.4) is 0 Å². The van der Waals surface area contributed by atoms with Gasteiger partial charge >= 0.3 is 0 Å². The van der Waals surface area contributed by atoms with E-state index in [0.29, 0.717) is 40.9 Å². The molecule has 0 aliphatic carbocycles. The molecule has 7 nitrogen and oxygen atoms in total. The molecule has 2 saturated heterocycles. The fourth-order valence-corrected chi connectivity index (χ4v) is 5.68. The minimum atomic E-state index is -0.250. The molecule has 9 heteroatoms. The topological polar surface area (TPSA) is 78.6 Å². The number of anilines is 1. The third kappa shape index (κ3) is 5.51. The Hall–Kier alpha value is -2.15. The van der Waals surface area contributed by atoms with Crippen molar-refractivity contribution in [1.29, 1.82) is 5.26 Å². The number of nitrogens with zero attached hydrogens (tertiary/aromatic N) is 4. The van der Waals surface area contributed by atoms with Crippen LogP contribution in [0.1, 0.15) is 62.1 Å². The van der Waals surface area contributed by atoms with Gasteiger partial charge in [-0.15, -0.1) is 0 Å². The van der Waals surface area contributed by atoms with Gasteiger partial charge in [-0.05, 0) is 44.2 Å². The highest BCUT2D eigenvalue weighted by Crippen LogP contribution is 2.36. The van der Waals surface area contributed by atoms with Gasteiger partial charge in [0, 0.05) is 45.5 Å². The first-order chi connectivity index (χ1) is 15.9. The van der Waals surface area contributed by atoms with Crippen LogP contribution in [0.4, 0.5) is 5.82 Å². The van der Waals surface area contributed by atoms with E-state index < -0.39 is 0 Å². The van der Waals surface area contributed by atoms with E-state index in [9.17, 15) is 14.9 Å². The summed E-state index contributed by atoms with van der Waals surface area (Å²) in [5.41, 5.74) is 1.29. The van der Waals surface area contributed by atoms with Crippen molar-refractivity contribution in [3.05, 3.63) is 31.9 Å². The maximum absolute atomic E-state index is 13.2. The zero-order valence-electron chi connectivity index (χ0n) is 19.7. The van der Waals surface area contributed by atoms with Crippen LogP contribution >= 0.6 is 24.0 Å². The molecule has 1 aromatic rings. The molecule has 0 saturated carbocycles. The van der Waals surface area contributed by atoms with Gasteiger partial charge in [0.25, 0.3) is 11.5 Å². The highest BCUT2D eigenvalue weighted by atomic mass is 32.2. The smallest absolute Gasteiger partial charge is 0.270 e. The quantitative estimate of drug-likeness (QED) is 0.310. The number of pyridine rings is 1. The normalized spacial score (nSPS) is 18.2. The van der Waals surface area contributed by atoms with E-state index in [0.717, 1.165) is 43.7 Å². The van der Waals surface area contributed by atoms with E-state index in [-0.39, 0.29) is 17.0 Å². The Bertz CT molecular complexity index is 1030. The Balaban J connectivity index is 2.14. The fourth-order valence-electron chi connectivity index (χ4n) is 4.39. The molecule has 0 unspecified atom stereocenters. The molecular formula is C24H32N4O3S2. The number of aromatic nitrogens is 1. The van der Waals surface area contributed by atoms with Crippen LogP contribution in [-0.4, -0.2) is 53.0 Å². The maximum Gasteiger partial charge on any atom is 0.270 e. The Morgan fingerprint density at radius 1 is 1.18 bits per heavy atom. The van der Waals surface area contributed by atoms with Gasteiger partial charge in [0.1, 0.15) is 21.8 Å². The standard InChI is InChI=1S/C24H32N4O3S2/c1-4-10-27-21(26-11-7-5-6-8-12-26)18(17(2)19(16-25)22(27)29)15-20-23(30)28(24(32)33-20)13-9-14-31-3/h15H,4-14H2,1-3H3/b20-15-. The number of carbonyl (C=O) groups excluding carboxylic acids is 1. The number of carbonyl (C=O) groups is 1. The van der Waals surface area contributed by atoms with Gasteiger partial charge in [-0.3, -0.25) is 19.1 Å². The number of hydrogen-bond acceptors (Lipinski definition) is 7. The van der Waals surface area contributed by atoms with Gasteiger partial charge in [0.05, 0.1) is 4.91 Å². The molecule has 0 spiro atoms. The number of ether oxygens (including phenoxy) is 1. The molecule has 0 N–H and O–H groups in total. The average Bonchev–Trinajstić information content (AvgIpc) is 2.97. The molecule has 0 radical (unpaired) electrons. The Morgan fingerprint density at radius 2 is 1.88 bits per heavy atom. The number of thiocarbonyl (C=S) groups is 1. The number of nitriles is 1. The van der Waals surface area contributed by atoms with Gasteiger partial charge in [-0.25, -0.2) is 0 Å². The van der Waals surface area contributed by atoms with E-state index in [1.165, 1.54) is 24.6 Å². The first-order valence-electron chi connectivity index (χ1n) is 11.6.